The van der Waals surface area contributed by atoms with Crippen molar-refractivity contribution in [2.45, 2.75) is 31.7 Å². The summed E-state index contributed by atoms with van der Waals surface area (Å²) in [6.07, 6.45) is 4.17. The first-order valence-electron chi connectivity index (χ1n) is 7.80. The molecule has 1 saturated carbocycles. The third-order valence-electron chi connectivity index (χ3n) is 4.40. The standard InChI is InChI=1S/C16H18BrN3OS/c17-11-1-4-13-14(9-11)22-16(19-13)20-7-5-10(6-8-20)15(21)18-12-2-3-12/h1,4,9-10,12H,2-3,5-8H2,(H,18,21). The zero-order valence-corrected chi connectivity index (χ0v) is 14.6. The second-order valence-electron chi connectivity index (χ2n) is 6.15. The Morgan fingerprint density at radius 3 is 2.77 bits per heavy atom. The summed E-state index contributed by atoms with van der Waals surface area (Å²) in [5.74, 6) is 0.441. The van der Waals surface area contributed by atoms with Gasteiger partial charge in [0.1, 0.15) is 0 Å². The summed E-state index contributed by atoms with van der Waals surface area (Å²) in [6, 6.07) is 6.66. The molecule has 1 aromatic heterocycles. The number of carbonyl (C=O) groups excluding carboxylic acids is 1. The molecule has 0 unspecified atom stereocenters. The summed E-state index contributed by atoms with van der Waals surface area (Å²) >= 11 is 5.24. The Labute approximate surface area is 142 Å². The third-order valence-corrected chi connectivity index (χ3v) is 5.97. The molecule has 1 aliphatic heterocycles. The van der Waals surface area contributed by atoms with Crippen LogP contribution in [-0.2, 0) is 4.79 Å². The maximum Gasteiger partial charge on any atom is 0.223 e. The van der Waals surface area contributed by atoms with E-state index in [0.29, 0.717) is 6.04 Å². The molecule has 4 nitrogen and oxygen atoms in total. The van der Waals surface area contributed by atoms with E-state index >= 15 is 0 Å². The van der Waals surface area contributed by atoms with Crippen molar-refractivity contribution >= 4 is 48.5 Å². The van der Waals surface area contributed by atoms with Crippen LogP contribution in [-0.4, -0.2) is 30.0 Å². The number of thiazole rings is 1. The van der Waals surface area contributed by atoms with Crippen molar-refractivity contribution in [3.05, 3.63) is 22.7 Å². The number of hydrogen-bond donors (Lipinski definition) is 1. The van der Waals surface area contributed by atoms with E-state index < -0.39 is 0 Å². The summed E-state index contributed by atoms with van der Waals surface area (Å²) < 4.78 is 2.30. The maximum atomic E-state index is 12.1. The monoisotopic (exact) mass is 379 g/mol. The molecule has 0 bridgehead atoms. The van der Waals surface area contributed by atoms with Gasteiger partial charge in [0.2, 0.25) is 5.91 Å². The summed E-state index contributed by atoms with van der Waals surface area (Å²) in [4.78, 5) is 19.2. The minimum atomic E-state index is 0.181. The van der Waals surface area contributed by atoms with Gasteiger partial charge in [0.15, 0.2) is 5.13 Å². The highest BCUT2D eigenvalue weighted by atomic mass is 79.9. The minimum absolute atomic E-state index is 0.181. The largest absolute Gasteiger partial charge is 0.353 e. The molecule has 22 heavy (non-hydrogen) atoms. The number of piperidine rings is 1. The molecule has 6 heteroatoms. The van der Waals surface area contributed by atoms with E-state index in [9.17, 15) is 4.79 Å². The van der Waals surface area contributed by atoms with Crippen LogP contribution in [0.15, 0.2) is 22.7 Å². The smallest absolute Gasteiger partial charge is 0.223 e. The molecule has 4 rings (SSSR count). The predicted octanol–water partition coefficient (Wildman–Crippen LogP) is 3.55. The van der Waals surface area contributed by atoms with Crippen LogP contribution >= 0.6 is 27.3 Å². The topological polar surface area (TPSA) is 45.2 Å². The Kier molecular flexibility index (Phi) is 3.82. The number of carbonyl (C=O) groups is 1. The van der Waals surface area contributed by atoms with Gasteiger partial charge >= 0.3 is 0 Å². The molecule has 1 aliphatic carbocycles. The van der Waals surface area contributed by atoms with E-state index in [4.69, 9.17) is 4.98 Å². The molecule has 2 aromatic rings. The fourth-order valence-electron chi connectivity index (χ4n) is 2.90. The van der Waals surface area contributed by atoms with Gasteiger partial charge in [-0.05, 0) is 43.9 Å². The van der Waals surface area contributed by atoms with E-state index in [1.165, 1.54) is 4.70 Å². The van der Waals surface area contributed by atoms with Crippen molar-refractivity contribution in [3.63, 3.8) is 0 Å². The van der Waals surface area contributed by atoms with Crippen molar-refractivity contribution in [3.8, 4) is 0 Å². The van der Waals surface area contributed by atoms with E-state index in [0.717, 1.165) is 53.9 Å². The lowest BCUT2D eigenvalue weighted by atomic mass is 9.96. The summed E-state index contributed by atoms with van der Waals surface area (Å²) in [5, 5.41) is 4.21. The van der Waals surface area contributed by atoms with Gasteiger partial charge in [-0.1, -0.05) is 27.3 Å². The normalized spacial score (nSPS) is 19.6. The molecule has 0 radical (unpaired) electrons. The van der Waals surface area contributed by atoms with Gasteiger partial charge in [-0.25, -0.2) is 4.98 Å². The second-order valence-corrected chi connectivity index (χ2v) is 8.08. The number of benzene rings is 1. The molecule has 0 atom stereocenters. The lowest BCUT2D eigenvalue weighted by Gasteiger charge is -2.31. The van der Waals surface area contributed by atoms with E-state index in [1.54, 1.807) is 11.3 Å². The van der Waals surface area contributed by atoms with E-state index in [-0.39, 0.29) is 11.8 Å². The lowest BCUT2D eigenvalue weighted by Crippen LogP contribution is -2.41. The van der Waals surface area contributed by atoms with Gasteiger partial charge in [-0.2, -0.15) is 0 Å². The highest BCUT2D eigenvalue weighted by Crippen LogP contribution is 2.33. The van der Waals surface area contributed by atoms with Crippen LogP contribution in [0.2, 0.25) is 0 Å². The van der Waals surface area contributed by atoms with Gasteiger partial charge in [0.25, 0.3) is 0 Å². The van der Waals surface area contributed by atoms with Gasteiger partial charge in [0, 0.05) is 29.5 Å². The number of nitrogens with zero attached hydrogens (tertiary/aromatic N) is 2. The average molecular weight is 380 g/mol. The molecule has 0 spiro atoms. The highest BCUT2D eigenvalue weighted by Gasteiger charge is 2.30. The van der Waals surface area contributed by atoms with Crippen LogP contribution in [0.4, 0.5) is 5.13 Å². The number of nitrogens with one attached hydrogen (secondary N) is 1. The Balaban J connectivity index is 1.42. The molecule has 1 saturated heterocycles. The Hall–Kier alpha value is -1.14. The van der Waals surface area contributed by atoms with Crippen molar-refractivity contribution in [1.82, 2.24) is 10.3 Å². The van der Waals surface area contributed by atoms with Crippen LogP contribution in [0.3, 0.4) is 0 Å². The lowest BCUT2D eigenvalue weighted by molar-refractivity contribution is -0.125. The zero-order valence-electron chi connectivity index (χ0n) is 12.2. The molecule has 1 aromatic carbocycles. The van der Waals surface area contributed by atoms with Crippen molar-refractivity contribution in [2.75, 3.05) is 18.0 Å². The number of amides is 1. The van der Waals surface area contributed by atoms with Crippen LogP contribution < -0.4 is 10.2 Å². The number of rotatable bonds is 3. The van der Waals surface area contributed by atoms with Crippen molar-refractivity contribution in [1.29, 1.82) is 0 Å². The maximum absolute atomic E-state index is 12.1. The molecule has 116 valence electrons. The third kappa shape index (κ3) is 2.99. The Bertz CT molecular complexity index is 704. The highest BCUT2D eigenvalue weighted by molar-refractivity contribution is 9.10. The first-order valence-corrected chi connectivity index (χ1v) is 9.41. The molecule has 2 aliphatic rings. The number of halogens is 1. The minimum Gasteiger partial charge on any atom is -0.353 e. The fraction of sp³-hybridized carbons (Fsp3) is 0.500. The van der Waals surface area contributed by atoms with Crippen LogP contribution in [0.1, 0.15) is 25.7 Å². The second kappa shape index (κ2) is 5.81. The fourth-order valence-corrected chi connectivity index (χ4v) is 4.47. The number of anilines is 1. The molecule has 1 amide bonds. The summed E-state index contributed by atoms with van der Waals surface area (Å²) in [5.41, 5.74) is 1.05. The summed E-state index contributed by atoms with van der Waals surface area (Å²) in [6.45, 7) is 1.84. The van der Waals surface area contributed by atoms with Gasteiger partial charge in [-0.15, -0.1) is 0 Å². The molecular formula is C16H18BrN3OS. The zero-order chi connectivity index (χ0) is 15.1. The number of fused-ring (bicyclic) bond motifs is 1. The Morgan fingerprint density at radius 1 is 1.27 bits per heavy atom. The van der Waals surface area contributed by atoms with Crippen LogP contribution in [0, 0.1) is 5.92 Å². The van der Waals surface area contributed by atoms with Gasteiger partial charge < -0.3 is 10.2 Å². The van der Waals surface area contributed by atoms with Crippen molar-refractivity contribution < 1.29 is 4.79 Å². The molecule has 2 fully saturated rings. The van der Waals surface area contributed by atoms with E-state index in [2.05, 4.69) is 38.3 Å². The Morgan fingerprint density at radius 2 is 2.05 bits per heavy atom. The van der Waals surface area contributed by atoms with E-state index in [1.807, 2.05) is 6.07 Å². The number of aromatic nitrogens is 1. The quantitative estimate of drug-likeness (QED) is 0.886. The SMILES string of the molecule is O=C(NC1CC1)C1CCN(c2nc3ccc(Br)cc3s2)CC1. The summed E-state index contributed by atoms with van der Waals surface area (Å²) in [7, 11) is 0. The first kappa shape index (κ1) is 14.5. The molecule has 1 N–H and O–H groups in total. The van der Waals surface area contributed by atoms with Crippen molar-refractivity contribution in [2.24, 2.45) is 5.92 Å². The van der Waals surface area contributed by atoms with Gasteiger partial charge in [-0.3, -0.25) is 4.79 Å². The van der Waals surface area contributed by atoms with Crippen LogP contribution in [0.5, 0.6) is 0 Å². The first-order chi connectivity index (χ1) is 10.7. The predicted molar refractivity (Wildman–Crippen MR) is 93.4 cm³/mol. The van der Waals surface area contributed by atoms with Crippen LogP contribution in [0.25, 0.3) is 10.2 Å². The molecular weight excluding hydrogens is 362 g/mol. The average Bonchev–Trinajstić information content (AvgIpc) is 3.23. The molecule has 2 heterocycles. The van der Waals surface area contributed by atoms with Gasteiger partial charge in [0.05, 0.1) is 10.2 Å². The number of hydrogen-bond acceptors (Lipinski definition) is 4.